The number of hydrogen-bond donors (Lipinski definition) is 0. The summed E-state index contributed by atoms with van der Waals surface area (Å²) in [5.41, 5.74) is 1.69. The normalized spacial score (nSPS) is 12.0. The summed E-state index contributed by atoms with van der Waals surface area (Å²) >= 11 is 1.45. The third kappa shape index (κ3) is 3.05. The monoisotopic (exact) mass is 331 g/mol. The highest BCUT2D eigenvalue weighted by Gasteiger charge is 2.12. The van der Waals surface area contributed by atoms with Gasteiger partial charge >= 0.3 is 5.91 Å². The molecule has 0 aliphatic carbocycles. The van der Waals surface area contributed by atoms with Crippen molar-refractivity contribution >= 4 is 27.5 Å². The number of hydrogen-bond acceptors (Lipinski definition) is 5. The number of amides is 1. The first kappa shape index (κ1) is 15.5. The standard InChI is InChI=1S/C16H17N3O3S/c1-4-19-12-7-6-11(21-5-2)9-14(12)23-16(19)17-15(20)13-8-10(3)18-22-13/h6-9H,4-5H2,1-3H3. The summed E-state index contributed by atoms with van der Waals surface area (Å²) in [7, 11) is 0. The highest BCUT2D eigenvalue weighted by molar-refractivity contribution is 7.16. The summed E-state index contributed by atoms with van der Waals surface area (Å²) in [4.78, 5) is 17.0. The molecule has 2 aromatic heterocycles. The zero-order valence-electron chi connectivity index (χ0n) is 13.2. The molecule has 1 aromatic carbocycles. The van der Waals surface area contributed by atoms with Crippen LogP contribution in [-0.2, 0) is 6.54 Å². The fraction of sp³-hybridized carbons (Fsp3) is 0.312. The Balaban J connectivity index is 2.09. The summed E-state index contributed by atoms with van der Waals surface area (Å²) in [5, 5.41) is 3.72. The molecule has 0 fully saturated rings. The van der Waals surface area contributed by atoms with Gasteiger partial charge in [-0.25, -0.2) is 0 Å². The van der Waals surface area contributed by atoms with E-state index in [-0.39, 0.29) is 5.76 Å². The van der Waals surface area contributed by atoms with Crippen LogP contribution >= 0.6 is 11.3 Å². The Morgan fingerprint density at radius 2 is 2.22 bits per heavy atom. The second kappa shape index (κ2) is 6.37. The number of ether oxygens (including phenoxy) is 1. The average Bonchev–Trinajstić information content (AvgIpc) is 3.10. The lowest BCUT2D eigenvalue weighted by atomic mass is 10.3. The molecule has 23 heavy (non-hydrogen) atoms. The van der Waals surface area contributed by atoms with Crippen molar-refractivity contribution < 1.29 is 14.1 Å². The van der Waals surface area contributed by atoms with Gasteiger partial charge in [-0.3, -0.25) is 4.79 Å². The molecule has 0 atom stereocenters. The van der Waals surface area contributed by atoms with Crippen LogP contribution in [0.15, 0.2) is 33.8 Å². The maximum absolute atomic E-state index is 12.2. The fourth-order valence-corrected chi connectivity index (χ4v) is 3.43. The van der Waals surface area contributed by atoms with Crippen molar-refractivity contribution in [2.45, 2.75) is 27.3 Å². The van der Waals surface area contributed by atoms with Gasteiger partial charge in [0.1, 0.15) is 5.75 Å². The number of benzene rings is 1. The van der Waals surface area contributed by atoms with E-state index in [4.69, 9.17) is 9.26 Å². The van der Waals surface area contributed by atoms with E-state index >= 15 is 0 Å². The van der Waals surface area contributed by atoms with E-state index < -0.39 is 5.91 Å². The van der Waals surface area contributed by atoms with Gasteiger partial charge in [-0.15, -0.1) is 0 Å². The van der Waals surface area contributed by atoms with Gasteiger partial charge in [0.15, 0.2) is 4.80 Å². The Hall–Kier alpha value is -2.41. The van der Waals surface area contributed by atoms with Crippen LogP contribution in [-0.4, -0.2) is 22.2 Å². The van der Waals surface area contributed by atoms with Gasteiger partial charge in [0.25, 0.3) is 0 Å². The maximum atomic E-state index is 12.2. The van der Waals surface area contributed by atoms with Crippen molar-refractivity contribution in [3.63, 3.8) is 0 Å². The Labute approximate surface area is 137 Å². The van der Waals surface area contributed by atoms with Crippen molar-refractivity contribution in [3.8, 4) is 5.75 Å². The number of nitrogens with zero attached hydrogens (tertiary/aromatic N) is 3. The summed E-state index contributed by atoms with van der Waals surface area (Å²) in [6.07, 6.45) is 0. The van der Waals surface area contributed by atoms with Gasteiger partial charge in [0, 0.05) is 12.6 Å². The molecule has 0 saturated carbocycles. The van der Waals surface area contributed by atoms with Gasteiger partial charge in [-0.05, 0) is 39.0 Å². The molecule has 3 rings (SSSR count). The van der Waals surface area contributed by atoms with E-state index in [0.29, 0.717) is 17.1 Å². The minimum atomic E-state index is -0.426. The second-order valence-corrected chi connectivity index (χ2v) is 5.95. The summed E-state index contributed by atoms with van der Waals surface area (Å²) in [5.74, 6) is 0.537. The maximum Gasteiger partial charge on any atom is 0.318 e. The van der Waals surface area contributed by atoms with Crippen LogP contribution in [0.3, 0.4) is 0 Å². The molecule has 0 bridgehead atoms. The Kier molecular flexibility index (Phi) is 4.29. The molecule has 0 radical (unpaired) electrons. The van der Waals surface area contributed by atoms with Crippen LogP contribution in [0.25, 0.3) is 10.2 Å². The fourth-order valence-electron chi connectivity index (χ4n) is 2.31. The van der Waals surface area contributed by atoms with E-state index in [1.165, 1.54) is 11.3 Å². The molecular weight excluding hydrogens is 314 g/mol. The lowest BCUT2D eigenvalue weighted by molar-refractivity contribution is 0.0962. The average molecular weight is 331 g/mol. The minimum Gasteiger partial charge on any atom is -0.494 e. The molecule has 0 N–H and O–H groups in total. The smallest absolute Gasteiger partial charge is 0.318 e. The third-order valence-corrected chi connectivity index (χ3v) is 4.36. The molecule has 0 unspecified atom stereocenters. The van der Waals surface area contributed by atoms with E-state index in [1.54, 1.807) is 13.0 Å². The SMILES string of the molecule is CCOc1ccc2c(c1)sc(=NC(=O)c1cc(C)no1)n2CC. The van der Waals surface area contributed by atoms with E-state index in [0.717, 1.165) is 22.5 Å². The van der Waals surface area contributed by atoms with Crippen LogP contribution < -0.4 is 9.54 Å². The third-order valence-electron chi connectivity index (χ3n) is 3.32. The Bertz CT molecular complexity index is 920. The Morgan fingerprint density at radius 1 is 1.39 bits per heavy atom. The number of aryl methyl sites for hydroxylation is 2. The molecule has 0 saturated heterocycles. The summed E-state index contributed by atoms with van der Waals surface area (Å²) in [6, 6.07) is 7.47. The van der Waals surface area contributed by atoms with Gasteiger partial charge in [0.2, 0.25) is 5.76 Å². The highest BCUT2D eigenvalue weighted by atomic mass is 32.1. The van der Waals surface area contributed by atoms with Crippen molar-refractivity contribution in [2.24, 2.45) is 4.99 Å². The zero-order chi connectivity index (χ0) is 16.4. The molecule has 0 spiro atoms. The van der Waals surface area contributed by atoms with Crippen molar-refractivity contribution in [1.29, 1.82) is 0 Å². The van der Waals surface area contributed by atoms with Crippen LogP contribution in [0.4, 0.5) is 0 Å². The highest BCUT2D eigenvalue weighted by Crippen LogP contribution is 2.23. The summed E-state index contributed by atoms with van der Waals surface area (Å²) in [6.45, 7) is 7.07. The minimum absolute atomic E-state index is 0.151. The molecular formula is C16H17N3O3S. The van der Waals surface area contributed by atoms with Crippen molar-refractivity contribution in [1.82, 2.24) is 9.72 Å². The van der Waals surface area contributed by atoms with Gasteiger partial charge in [-0.1, -0.05) is 16.5 Å². The molecule has 1 amide bonds. The summed E-state index contributed by atoms with van der Waals surface area (Å²) < 4.78 is 13.5. The molecule has 0 aliphatic rings. The van der Waals surface area contributed by atoms with E-state index in [2.05, 4.69) is 10.1 Å². The second-order valence-electron chi connectivity index (χ2n) is 4.94. The molecule has 6 nitrogen and oxygen atoms in total. The lowest BCUT2D eigenvalue weighted by Gasteiger charge is -2.03. The predicted octanol–water partition coefficient (Wildman–Crippen LogP) is 3.16. The number of fused-ring (bicyclic) bond motifs is 1. The molecule has 0 aliphatic heterocycles. The quantitative estimate of drug-likeness (QED) is 0.736. The first-order valence-corrected chi connectivity index (χ1v) is 8.22. The number of carbonyl (C=O) groups excluding carboxylic acids is 1. The largest absolute Gasteiger partial charge is 0.494 e. The molecule has 7 heteroatoms. The van der Waals surface area contributed by atoms with Gasteiger partial charge in [-0.2, -0.15) is 4.99 Å². The molecule has 3 aromatic rings. The topological polar surface area (TPSA) is 69.6 Å². The van der Waals surface area contributed by atoms with Crippen LogP contribution in [0, 0.1) is 6.92 Å². The lowest BCUT2D eigenvalue weighted by Crippen LogP contribution is -2.15. The number of thiazole rings is 1. The Morgan fingerprint density at radius 3 is 2.87 bits per heavy atom. The number of rotatable bonds is 4. The number of aromatic nitrogens is 2. The first-order chi connectivity index (χ1) is 11.1. The predicted molar refractivity (Wildman–Crippen MR) is 87.8 cm³/mol. The zero-order valence-corrected chi connectivity index (χ0v) is 14.0. The van der Waals surface area contributed by atoms with Crippen molar-refractivity contribution in [3.05, 3.63) is 40.5 Å². The van der Waals surface area contributed by atoms with Crippen LogP contribution in [0.5, 0.6) is 5.75 Å². The molecule has 2 heterocycles. The first-order valence-electron chi connectivity index (χ1n) is 7.41. The van der Waals surface area contributed by atoms with Gasteiger partial charge in [0.05, 0.1) is 22.5 Å². The molecule has 120 valence electrons. The van der Waals surface area contributed by atoms with Crippen molar-refractivity contribution in [2.75, 3.05) is 6.61 Å². The van der Waals surface area contributed by atoms with Crippen LogP contribution in [0.1, 0.15) is 30.1 Å². The van der Waals surface area contributed by atoms with E-state index in [1.807, 2.05) is 36.6 Å². The van der Waals surface area contributed by atoms with Gasteiger partial charge < -0.3 is 13.8 Å². The van der Waals surface area contributed by atoms with Crippen LogP contribution in [0.2, 0.25) is 0 Å². The van der Waals surface area contributed by atoms with E-state index in [9.17, 15) is 4.79 Å². The number of carbonyl (C=O) groups is 1.